The summed E-state index contributed by atoms with van der Waals surface area (Å²) in [5.41, 5.74) is 0. The normalized spacial score (nSPS) is 24.5. The van der Waals surface area contributed by atoms with Crippen molar-refractivity contribution in [3.63, 3.8) is 0 Å². The molecule has 5 heteroatoms. The molecule has 21 heavy (non-hydrogen) atoms. The maximum absolute atomic E-state index is 12.3. The first kappa shape index (κ1) is 16.8. The van der Waals surface area contributed by atoms with Gasteiger partial charge in [0, 0.05) is 41.3 Å². The van der Waals surface area contributed by atoms with Gasteiger partial charge in [0.2, 0.25) is 5.91 Å². The zero-order valence-corrected chi connectivity index (χ0v) is 14.3. The number of hydrogen-bond acceptors (Lipinski definition) is 3. The SMILES string of the molecule is Cc1ccc(CCCC(=O)N2CCC3CCC(C2)N3)s1.Cl. The summed E-state index contributed by atoms with van der Waals surface area (Å²) in [6, 6.07) is 5.57. The summed E-state index contributed by atoms with van der Waals surface area (Å²) in [6.07, 6.45) is 6.40. The number of hydrogen-bond donors (Lipinski definition) is 1. The fourth-order valence-electron chi connectivity index (χ4n) is 3.36. The van der Waals surface area contributed by atoms with Crippen molar-refractivity contribution in [3.05, 3.63) is 21.9 Å². The van der Waals surface area contributed by atoms with E-state index in [1.54, 1.807) is 0 Å². The Morgan fingerprint density at radius 3 is 2.90 bits per heavy atom. The van der Waals surface area contributed by atoms with Gasteiger partial charge < -0.3 is 10.2 Å². The summed E-state index contributed by atoms with van der Waals surface area (Å²) < 4.78 is 0. The standard InChI is InChI=1S/C16H24N2OS.ClH/c1-12-5-8-15(20-12)3-2-4-16(19)18-10-9-13-6-7-14(11-18)17-13;/h5,8,13-14,17H,2-4,6-7,9-11H2,1H3;1H. The number of carbonyl (C=O) groups excluding carboxylic acids is 1. The van der Waals surface area contributed by atoms with Crippen LogP contribution in [-0.4, -0.2) is 36.0 Å². The topological polar surface area (TPSA) is 32.3 Å². The van der Waals surface area contributed by atoms with Crippen LogP contribution in [0.5, 0.6) is 0 Å². The minimum atomic E-state index is 0. The smallest absolute Gasteiger partial charge is 0.222 e. The molecule has 0 spiro atoms. The first-order valence-electron chi connectivity index (χ1n) is 7.80. The maximum atomic E-state index is 12.3. The molecule has 0 saturated carbocycles. The fraction of sp³-hybridized carbons (Fsp3) is 0.688. The van der Waals surface area contributed by atoms with E-state index in [1.165, 1.54) is 22.6 Å². The Morgan fingerprint density at radius 1 is 1.33 bits per heavy atom. The molecule has 3 heterocycles. The monoisotopic (exact) mass is 328 g/mol. The molecule has 118 valence electrons. The second kappa shape index (κ2) is 7.61. The second-order valence-electron chi connectivity index (χ2n) is 6.13. The third-order valence-electron chi connectivity index (χ3n) is 4.49. The molecule has 1 aromatic heterocycles. The van der Waals surface area contributed by atoms with Crippen molar-refractivity contribution in [3.8, 4) is 0 Å². The third-order valence-corrected chi connectivity index (χ3v) is 5.55. The molecule has 0 aliphatic carbocycles. The Morgan fingerprint density at radius 2 is 2.14 bits per heavy atom. The van der Waals surface area contributed by atoms with E-state index in [0.29, 0.717) is 24.4 Å². The molecule has 2 fully saturated rings. The summed E-state index contributed by atoms with van der Waals surface area (Å²) >= 11 is 1.85. The number of aryl methyl sites for hydroxylation is 2. The highest BCUT2D eigenvalue weighted by Gasteiger charge is 2.30. The molecule has 1 amide bonds. The second-order valence-corrected chi connectivity index (χ2v) is 7.50. The summed E-state index contributed by atoms with van der Waals surface area (Å²) in [5.74, 6) is 0.354. The Balaban J connectivity index is 0.00000161. The van der Waals surface area contributed by atoms with Gasteiger partial charge in [-0.3, -0.25) is 4.79 Å². The summed E-state index contributed by atoms with van der Waals surface area (Å²) in [4.78, 5) is 17.2. The number of likely N-dealkylation sites (tertiary alicyclic amines) is 1. The molecule has 2 bridgehead atoms. The lowest BCUT2D eigenvalue weighted by molar-refractivity contribution is -0.131. The summed E-state index contributed by atoms with van der Waals surface area (Å²) in [6.45, 7) is 4.01. The zero-order chi connectivity index (χ0) is 13.9. The lowest BCUT2D eigenvalue weighted by Gasteiger charge is -2.24. The van der Waals surface area contributed by atoms with Crippen molar-refractivity contribution in [2.75, 3.05) is 13.1 Å². The Labute approximate surface area is 137 Å². The van der Waals surface area contributed by atoms with Gasteiger partial charge in [0.1, 0.15) is 0 Å². The number of amides is 1. The number of halogens is 1. The predicted molar refractivity (Wildman–Crippen MR) is 90.4 cm³/mol. The van der Waals surface area contributed by atoms with Crippen molar-refractivity contribution >= 4 is 29.7 Å². The average Bonchev–Trinajstić information content (AvgIpc) is 2.95. The van der Waals surface area contributed by atoms with Gasteiger partial charge in [0.25, 0.3) is 0 Å². The fourth-order valence-corrected chi connectivity index (χ4v) is 4.29. The van der Waals surface area contributed by atoms with Gasteiger partial charge >= 0.3 is 0 Å². The first-order chi connectivity index (χ1) is 9.70. The van der Waals surface area contributed by atoms with E-state index in [1.807, 2.05) is 11.3 Å². The van der Waals surface area contributed by atoms with Gasteiger partial charge in [-0.1, -0.05) is 0 Å². The summed E-state index contributed by atoms with van der Waals surface area (Å²) in [5, 5.41) is 3.63. The number of thiophene rings is 1. The van der Waals surface area contributed by atoms with E-state index in [0.717, 1.165) is 32.4 Å². The molecule has 2 saturated heterocycles. The third kappa shape index (κ3) is 4.44. The van der Waals surface area contributed by atoms with Crippen LogP contribution in [0.2, 0.25) is 0 Å². The molecule has 0 aromatic carbocycles. The number of nitrogens with one attached hydrogen (secondary N) is 1. The van der Waals surface area contributed by atoms with Crippen LogP contribution in [0.25, 0.3) is 0 Å². The molecule has 2 unspecified atom stereocenters. The van der Waals surface area contributed by atoms with Gasteiger partial charge in [-0.15, -0.1) is 23.7 Å². The van der Waals surface area contributed by atoms with Crippen LogP contribution in [-0.2, 0) is 11.2 Å². The molecule has 1 N–H and O–H groups in total. The highest BCUT2D eigenvalue weighted by molar-refractivity contribution is 7.11. The van der Waals surface area contributed by atoms with Crippen LogP contribution in [0.3, 0.4) is 0 Å². The van der Waals surface area contributed by atoms with E-state index in [-0.39, 0.29) is 12.4 Å². The molecule has 1 aromatic rings. The molecule has 2 atom stereocenters. The average molecular weight is 329 g/mol. The van der Waals surface area contributed by atoms with Crippen molar-refractivity contribution in [2.45, 2.75) is 57.5 Å². The molecule has 3 rings (SSSR count). The van der Waals surface area contributed by atoms with Gasteiger partial charge in [-0.25, -0.2) is 0 Å². The lowest BCUT2D eigenvalue weighted by Crippen LogP contribution is -2.38. The van der Waals surface area contributed by atoms with Crippen molar-refractivity contribution in [1.29, 1.82) is 0 Å². The van der Waals surface area contributed by atoms with E-state index in [2.05, 4.69) is 29.3 Å². The van der Waals surface area contributed by atoms with E-state index in [9.17, 15) is 4.79 Å². The van der Waals surface area contributed by atoms with Gasteiger partial charge in [-0.2, -0.15) is 0 Å². The van der Waals surface area contributed by atoms with Crippen LogP contribution in [0.1, 0.15) is 41.9 Å². The Bertz CT molecular complexity index is 477. The van der Waals surface area contributed by atoms with Crippen LogP contribution < -0.4 is 5.32 Å². The zero-order valence-electron chi connectivity index (χ0n) is 12.6. The van der Waals surface area contributed by atoms with Crippen molar-refractivity contribution < 1.29 is 4.79 Å². The molecule has 0 radical (unpaired) electrons. The van der Waals surface area contributed by atoms with Crippen LogP contribution >= 0.6 is 23.7 Å². The van der Waals surface area contributed by atoms with Crippen molar-refractivity contribution in [1.82, 2.24) is 10.2 Å². The predicted octanol–water partition coefficient (Wildman–Crippen LogP) is 3.15. The minimum Gasteiger partial charge on any atom is -0.341 e. The maximum Gasteiger partial charge on any atom is 0.222 e. The van der Waals surface area contributed by atoms with Gasteiger partial charge in [-0.05, 0) is 51.2 Å². The molecule has 2 aliphatic rings. The highest BCUT2D eigenvalue weighted by atomic mass is 35.5. The Hall–Kier alpha value is -0.580. The molecule has 3 nitrogen and oxygen atoms in total. The van der Waals surface area contributed by atoms with Crippen LogP contribution in [0.4, 0.5) is 0 Å². The Kier molecular flexibility index (Phi) is 6.08. The minimum absolute atomic E-state index is 0. The first-order valence-corrected chi connectivity index (χ1v) is 8.61. The largest absolute Gasteiger partial charge is 0.341 e. The van der Waals surface area contributed by atoms with Crippen molar-refractivity contribution in [2.24, 2.45) is 0 Å². The number of nitrogens with zero attached hydrogens (tertiary/aromatic N) is 1. The van der Waals surface area contributed by atoms with E-state index < -0.39 is 0 Å². The van der Waals surface area contributed by atoms with E-state index in [4.69, 9.17) is 0 Å². The quantitative estimate of drug-likeness (QED) is 0.920. The molecular formula is C16H25ClN2OS. The van der Waals surface area contributed by atoms with Crippen LogP contribution in [0, 0.1) is 6.92 Å². The number of rotatable bonds is 4. The van der Waals surface area contributed by atoms with Crippen LogP contribution in [0.15, 0.2) is 12.1 Å². The van der Waals surface area contributed by atoms with E-state index >= 15 is 0 Å². The number of carbonyl (C=O) groups is 1. The highest BCUT2D eigenvalue weighted by Crippen LogP contribution is 2.21. The molecular weight excluding hydrogens is 304 g/mol. The summed E-state index contributed by atoms with van der Waals surface area (Å²) in [7, 11) is 0. The number of fused-ring (bicyclic) bond motifs is 2. The lowest BCUT2D eigenvalue weighted by atomic mass is 10.1. The van der Waals surface area contributed by atoms with Gasteiger partial charge in [0.05, 0.1) is 0 Å². The van der Waals surface area contributed by atoms with Gasteiger partial charge in [0.15, 0.2) is 0 Å². The molecule has 2 aliphatic heterocycles.